The molecule has 2 atom stereocenters. The fourth-order valence-corrected chi connectivity index (χ4v) is 4.34. The van der Waals surface area contributed by atoms with Crippen molar-refractivity contribution >= 4 is 5.91 Å². The quantitative estimate of drug-likeness (QED) is 0.777. The van der Waals surface area contributed by atoms with Gasteiger partial charge in [-0.15, -0.1) is 0 Å². The number of piperazine rings is 1. The second-order valence-electron chi connectivity index (χ2n) is 8.17. The maximum Gasteiger partial charge on any atom is 0.234 e. The number of carbonyl (C=O) groups is 1. The number of nitrogens with one attached hydrogen (secondary N) is 1. The molecule has 1 saturated heterocycles. The van der Waals surface area contributed by atoms with Crippen molar-refractivity contribution in [3.05, 3.63) is 23.8 Å². The first-order chi connectivity index (χ1) is 13.6. The van der Waals surface area contributed by atoms with Crippen LogP contribution in [0.4, 0.5) is 0 Å². The van der Waals surface area contributed by atoms with Crippen molar-refractivity contribution < 1.29 is 14.3 Å². The molecule has 1 aliphatic carbocycles. The van der Waals surface area contributed by atoms with Crippen LogP contribution in [0.25, 0.3) is 0 Å². The van der Waals surface area contributed by atoms with E-state index in [9.17, 15) is 4.79 Å². The van der Waals surface area contributed by atoms with E-state index in [1.54, 1.807) is 14.2 Å². The molecule has 6 nitrogen and oxygen atoms in total. The summed E-state index contributed by atoms with van der Waals surface area (Å²) >= 11 is 0. The van der Waals surface area contributed by atoms with Crippen molar-refractivity contribution in [1.29, 1.82) is 0 Å². The Morgan fingerprint density at radius 2 is 1.79 bits per heavy atom. The summed E-state index contributed by atoms with van der Waals surface area (Å²) in [5.41, 5.74) is 1.14. The second-order valence-corrected chi connectivity index (χ2v) is 8.17. The number of ether oxygens (including phenoxy) is 2. The standard InChI is InChI=1S/C22H35N3O3/c1-17-6-4-5-7-20(17)23-22(26)16-25-12-10-24(11-13-25)15-18-14-19(27-2)8-9-21(18)28-3/h8-9,14,17,20H,4-7,10-13,15-16H2,1-3H3,(H,23,26)/t17-,20-/m0/s1. The molecule has 3 rings (SSSR count). The third kappa shape index (κ3) is 5.61. The van der Waals surface area contributed by atoms with Crippen LogP contribution in [-0.2, 0) is 11.3 Å². The Hall–Kier alpha value is -1.79. The van der Waals surface area contributed by atoms with Crippen LogP contribution in [0.1, 0.15) is 38.2 Å². The minimum atomic E-state index is 0.182. The maximum atomic E-state index is 12.5. The molecule has 2 aliphatic rings. The van der Waals surface area contributed by atoms with Gasteiger partial charge in [0, 0.05) is 44.3 Å². The van der Waals surface area contributed by atoms with Crippen LogP contribution >= 0.6 is 0 Å². The number of hydrogen-bond donors (Lipinski definition) is 1. The van der Waals surface area contributed by atoms with Gasteiger partial charge in [-0.05, 0) is 37.0 Å². The number of rotatable bonds is 7. The van der Waals surface area contributed by atoms with Crippen molar-refractivity contribution in [2.75, 3.05) is 46.9 Å². The van der Waals surface area contributed by atoms with Crippen LogP contribution in [0.2, 0.25) is 0 Å². The summed E-state index contributed by atoms with van der Waals surface area (Å²) < 4.78 is 10.8. The number of carbonyl (C=O) groups excluding carboxylic acids is 1. The Balaban J connectivity index is 1.45. The van der Waals surface area contributed by atoms with Gasteiger partial charge in [-0.3, -0.25) is 14.6 Å². The fraction of sp³-hybridized carbons (Fsp3) is 0.682. The molecular formula is C22H35N3O3. The van der Waals surface area contributed by atoms with Crippen molar-refractivity contribution in [3.63, 3.8) is 0 Å². The molecule has 1 aromatic carbocycles. The second kappa shape index (κ2) is 10.1. The van der Waals surface area contributed by atoms with Gasteiger partial charge in [-0.1, -0.05) is 19.8 Å². The molecule has 2 fully saturated rings. The number of methoxy groups -OCH3 is 2. The zero-order chi connectivity index (χ0) is 19.9. The van der Waals surface area contributed by atoms with Crippen molar-refractivity contribution in [2.45, 2.75) is 45.2 Å². The molecule has 0 aromatic heterocycles. The molecule has 0 radical (unpaired) electrons. The summed E-state index contributed by atoms with van der Waals surface area (Å²) in [5, 5.41) is 3.27. The summed E-state index contributed by atoms with van der Waals surface area (Å²) in [7, 11) is 3.39. The Morgan fingerprint density at radius 1 is 1.07 bits per heavy atom. The van der Waals surface area contributed by atoms with E-state index in [-0.39, 0.29) is 5.91 Å². The van der Waals surface area contributed by atoms with Crippen molar-refractivity contribution in [2.24, 2.45) is 5.92 Å². The summed E-state index contributed by atoms with van der Waals surface area (Å²) in [5.74, 6) is 2.53. The van der Waals surface area contributed by atoms with Crippen molar-refractivity contribution in [3.8, 4) is 11.5 Å². The molecule has 1 aromatic rings. The van der Waals surface area contributed by atoms with Crippen molar-refractivity contribution in [1.82, 2.24) is 15.1 Å². The lowest BCUT2D eigenvalue weighted by Gasteiger charge is -2.35. The molecule has 6 heteroatoms. The minimum absolute atomic E-state index is 0.182. The van der Waals surface area contributed by atoms with Gasteiger partial charge >= 0.3 is 0 Å². The highest BCUT2D eigenvalue weighted by Crippen LogP contribution is 2.26. The van der Waals surface area contributed by atoms with E-state index in [0.29, 0.717) is 18.5 Å². The van der Waals surface area contributed by atoms with Gasteiger partial charge in [0.2, 0.25) is 5.91 Å². The van der Waals surface area contributed by atoms with Crippen LogP contribution in [0.15, 0.2) is 18.2 Å². The van der Waals surface area contributed by atoms with Crippen LogP contribution in [0.5, 0.6) is 11.5 Å². The third-order valence-corrected chi connectivity index (χ3v) is 6.17. The highest BCUT2D eigenvalue weighted by Gasteiger charge is 2.25. The molecule has 1 heterocycles. The van der Waals surface area contributed by atoms with Gasteiger partial charge in [0.15, 0.2) is 0 Å². The van der Waals surface area contributed by atoms with Crippen LogP contribution in [-0.4, -0.2) is 68.7 Å². The topological polar surface area (TPSA) is 54.0 Å². The SMILES string of the molecule is COc1ccc(OC)c(CN2CCN(CC(=O)N[C@H]3CCCC[C@@H]3C)CC2)c1. The third-order valence-electron chi connectivity index (χ3n) is 6.17. The van der Waals surface area contributed by atoms with E-state index in [1.165, 1.54) is 19.3 Å². The monoisotopic (exact) mass is 389 g/mol. The van der Waals surface area contributed by atoms with E-state index in [0.717, 1.165) is 56.2 Å². The maximum absolute atomic E-state index is 12.5. The van der Waals surface area contributed by atoms with E-state index in [2.05, 4.69) is 22.0 Å². The smallest absolute Gasteiger partial charge is 0.234 e. The van der Waals surface area contributed by atoms with Gasteiger partial charge in [-0.25, -0.2) is 0 Å². The summed E-state index contributed by atoms with van der Waals surface area (Å²) in [6.07, 6.45) is 4.90. The average molecular weight is 390 g/mol. The van der Waals surface area contributed by atoms with Crippen LogP contribution < -0.4 is 14.8 Å². The van der Waals surface area contributed by atoms with Gasteiger partial charge in [0.1, 0.15) is 11.5 Å². The fourth-order valence-electron chi connectivity index (χ4n) is 4.34. The van der Waals surface area contributed by atoms with Crippen LogP contribution in [0.3, 0.4) is 0 Å². The van der Waals surface area contributed by atoms with E-state index in [4.69, 9.17) is 9.47 Å². The predicted molar refractivity (Wildman–Crippen MR) is 111 cm³/mol. The van der Waals surface area contributed by atoms with E-state index >= 15 is 0 Å². The lowest BCUT2D eigenvalue weighted by atomic mass is 9.86. The summed E-state index contributed by atoms with van der Waals surface area (Å²) in [6.45, 7) is 7.34. The Morgan fingerprint density at radius 3 is 2.46 bits per heavy atom. The molecular weight excluding hydrogens is 354 g/mol. The normalized spacial score (nSPS) is 24.0. The molecule has 1 aliphatic heterocycles. The van der Waals surface area contributed by atoms with E-state index in [1.807, 2.05) is 18.2 Å². The lowest BCUT2D eigenvalue weighted by molar-refractivity contribution is -0.124. The zero-order valence-electron chi connectivity index (χ0n) is 17.6. The Kier molecular flexibility index (Phi) is 7.57. The van der Waals surface area contributed by atoms with E-state index < -0.39 is 0 Å². The molecule has 0 unspecified atom stereocenters. The first-order valence-electron chi connectivity index (χ1n) is 10.5. The summed E-state index contributed by atoms with van der Waals surface area (Å²) in [6, 6.07) is 6.29. The average Bonchev–Trinajstić information content (AvgIpc) is 2.71. The lowest BCUT2D eigenvalue weighted by Crippen LogP contribution is -2.51. The molecule has 28 heavy (non-hydrogen) atoms. The van der Waals surface area contributed by atoms with Gasteiger partial charge in [-0.2, -0.15) is 0 Å². The largest absolute Gasteiger partial charge is 0.497 e. The van der Waals surface area contributed by atoms with Gasteiger partial charge in [0.05, 0.1) is 20.8 Å². The summed E-state index contributed by atoms with van der Waals surface area (Å²) in [4.78, 5) is 17.1. The number of hydrogen-bond acceptors (Lipinski definition) is 5. The number of benzene rings is 1. The Labute approximate surface area is 169 Å². The molecule has 1 N–H and O–H groups in total. The predicted octanol–water partition coefficient (Wildman–Crippen LogP) is 2.52. The molecule has 0 spiro atoms. The van der Waals surface area contributed by atoms with Gasteiger partial charge in [0.25, 0.3) is 0 Å². The first kappa shape index (κ1) is 20.9. The molecule has 0 bridgehead atoms. The number of amides is 1. The molecule has 156 valence electrons. The highest BCUT2D eigenvalue weighted by atomic mass is 16.5. The highest BCUT2D eigenvalue weighted by molar-refractivity contribution is 5.78. The van der Waals surface area contributed by atoms with Gasteiger partial charge < -0.3 is 14.8 Å². The first-order valence-corrected chi connectivity index (χ1v) is 10.5. The molecule has 1 amide bonds. The number of nitrogens with zero attached hydrogens (tertiary/aromatic N) is 2. The Bertz CT molecular complexity index is 644. The van der Waals surface area contributed by atoms with Crippen LogP contribution in [0, 0.1) is 5.92 Å². The zero-order valence-corrected chi connectivity index (χ0v) is 17.6. The molecule has 1 saturated carbocycles. The minimum Gasteiger partial charge on any atom is -0.497 e.